The summed E-state index contributed by atoms with van der Waals surface area (Å²) in [7, 11) is 0. The maximum atomic E-state index is 13.2. The lowest BCUT2D eigenvalue weighted by atomic mass is 9.92. The van der Waals surface area contributed by atoms with Gasteiger partial charge in [-0.1, -0.05) is 13.3 Å². The first kappa shape index (κ1) is 25.2. The molecule has 1 aromatic carbocycles. The Morgan fingerprint density at radius 2 is 1.89 bits per heavy atom. The summed E-state index contributed by atoms with van der Waals surface area (Å²) in [5.74, 6) is 1.18. The second-order valence-electron chi connectivity index (χ2n) is 10.8. The van der Waals surface area contributed by atoms with Gasteiger partial charge in [0.1, 0.15) is 5.82 Å². The van der Waals surface area contributed by atoms with E-state index in [-0.39, 0.29) is 23.7 Å². The molecule has 1 saturated heterocycles. The minimum atomic E-state index is -0.510. The number of primary amides is 1. The molecule has 0 bridgehead atoms. The third-order valence-electron chi connectivity index (χ3n) is 8.03. The molecule has 1 aromatic heterocycles. The van der Waals surface area contributed by atoms with Crippen LogP contribution in [0.5, 0.6) is 0 Å². The number of fused-ring (bicyclic) bond motifs is 1. The van der Waals surface area contributed by atoms with E-state index in [2.05, 4.69) is 27.4 Å². The van der Waals surface area contributed by atoms with Gasteiger partial charge in [0.2, 0.25) is 0 Å². The van der Waals surface area contributed by atoms with E-state index in [0.29, 0.717) is 40.9 Å². The van der Waals surface area contributed by atoms with Crippen molar-refractivity contribution in [1.82, 2.24) is 10.3 Å². The lowest BCUT2D eigenvalue weighted by molar-refractivity contribution is 0.0933. The van der Waals surface area contributed by atoms with Crippen molar-refractivity contribution in [2.45, 2.75) is 70.4 Å². The van der Waals surface area contributed by atoms with Crippen molar-refractivity contribution >= 4 is 29.1 Å². The van der Waals surface area contributed by atoms with Crippen LogP contribution in [0.25, 0.3) is 0 Å². The summed E-state index contributed by atoms with van der Waals surface area (Å²) in [6.07, 6.45) is 9.75. The molecule has 2 amide bonds. The molecule has 2 aliphatic carbocycles. The van der Waals surface area contributed by atoms with Crippen LogP contribution >= 0.6 is 0 Å². The standard InChI is InChI=1S/C29H37N5O3/c1-2-3-12-31-24-15-20(8-10-23(24)28(30)36)29(37)33-22-14-19-5-4-13-34(25(19)16-22)26-11-9-21(17-32-26)27(35)18-6-7-18/h8-11,15,17-19,22,25,31H,2-7,12-14,16H2,1H3,(H2,30,36)(H,33,37). The lowest BCUT2D eigenvalue weighted by Gasteiger charge is -2.38. The maximum absolute atomic E-state index is 13.2. The Kier molecular flexibility index (Phi) is 7.44. The lowest BCUT2D eigenvalue weighted by Crippen LogP contribution is -2.43. The van der Waals surface area contributed by atoms with Gasteiger partial charge in [-0.2, -0.15) is 0 Å². The van der Waals surface area contributed by atoms with Gasteiger partial charge in [-0.05, 0) is 81.2 Å². The van der Waals surface area contributed by atoms with E-state index in [1.54, 1.807) is 24.4 Å². The van der Waals surface area contributed by atoms with Crippen LogP contribution in [0.4, 0.5) is 11.5 Å². The van der Waals surface area contributed by atoms with E-state index < -0.39 is 5.91 Å². The number of aromatic nitrogens is 1. The summed E-state index contributed by atoms with van der Waals surface area (Å²) >= 11 is 0. The number of amides is 2. The summed E-state index contributed by atoms with van der Waals surface area (Å²) < 4.78 is 0. The quantitative estimate of drug-likeness (QED) is 0.331. The number of nitrogens with two attached hydrogens (primary N) is 1. The van der Waals surface area contributed by atoms with Gasteiger partial charge in [-0.3, -0.25) is 14.4 Å². The zero-order chi connectivity index (χ0) is 25.9. The number of hydrogen-bond donors (Lipinski definition) is 3. The van der Waals surface area contributed by atoms with Crippen LogP contribution in [0, 0.1) is 11.8 Å². The van der Waals surface area contributed by atoms with Crippen molar-refractivity contribution in [3.05, 3.63) is 53.2 Å². The molecule has 196 valence electrons. The van der Waals surface area contributed by atoms with E-state index in [9.17, 15) is 14.4 Å². The number of benzene rings is 1. The van der Waals surface area contributed by atoms with Crippen LogP contribution in [-0.4, -0.2) is 47.8 Å². The number of unbranched alkanes of at least 4 members (excludes halogenated alkanes) is 1. The highest BCUT2D eigenvalue weighted by Gasteiger charge is 2.41. The highest BCUT2D eigenvalue weighted by Crippen LogP contribution is 2.39. The fourth-order valence-electron chi connectivity index (χ4n) is 5.88. The molecule has 8 nitrogen and oxygen atoms in total. The summed E-state index contributed by atoms with van der Waals surface area (Å²) in [5, 5.41) is 6.49. The molecule has 3 atom stereocenters. The van der Waals surface area contributed by atoms with Crippen molar-refractivity contribution in [2.75, 3.05) is 23.3 Å². The predicted octanol–water partition coefficient (Wildman–Crippen LogP) is 4.16. The van der Waals surface area contributed by atoms with Crippen LogP contribution in [0.3, 0.4) is 0 Å². The maximum Gasteiger partial charge on any atom is 0.251 e. The van der Waals surface area contributed by atoms with Gasteiger partial charge >= 0.3 is 0 Å². The second kappa shape index (κ2) is 10.9. The predicted molar refractivity (Wildman–Crippen MR) is 144 cm³/mol. The van der Waals surface area contributed by atoms with Crippen LogP contribution < -0.4 is 21.3 Å². The Morgan fingerprint density at radius 1 is 1.08 bits per heavy atom. The second-order valence-corrected chi connectivity index (χ2v) is 10.8. The summed E-state index contributed by atoms with van der Waals surface area (Å²) in [6.45, 7) is 3.75. The number of piperidine rings is 1. The fourth-order valence-corrected chi connectivity index (χ4v) is 5.88. The largest absolute Gasteiger partial charge is 0.384 e. The molecule has 0 radical (unpaired) electrons. The number of anilines is 2. The zero-order valence-electron chi connectivity index (χ0n) is 21.5. The van der Waals surface area contributed by atoms with Crippen molar-refractivity contribution in [3.63, 3.8) is 0 Å². The van der Waals surface area contributed by atoms with Gasteiger partial charge in [-0.25, -0.2) is 4.98 Å². The Labute approximate surface area is 218 Å². The number of carbonyl (C=O) groups excluding carboxylic acids is 3. The van der Waals surface area contributed by atoms with E-state index in [1.165, 1.54) is 0 Å². The number of ketones is 1. The number of hydrogen-bond acceptors (Lipinski definition) is 6. The Hall–Kier alpha value is -3.42. The third kappa shape index (κ3) is 5.63. The van der Waals surface area contributed by atoms with Gasteiger partial charge in [0.05, 0.1) is 5.56 Å². The van der Waals surface area contributed by atoms with E-state index in [4.69, 9.17) is 5.73 Å². The van der Waals surface area contributed by atoms with Gasteiger partial charge in [0.15, 0.2) is 5.78 Å². The number of nitrogens with zero attached hydrogens (tertiary/aromatic N) is 2. The Morgan fingerprint density at radius 3 is 2.59 bits per heavy atom. The Balaban J connectivity index is 1.24. The minimum absolute atomic E-state index is 0.0751. The zero-order valence-corrected chi connectivity index (χ0v) is 21.5. The molecule has 5 rings (SSSR count). The molecule has 3 aliphatic rings. The molecule has 3 fully saturated rings. The first-order valence-electron chi connectivity index (χ1n) is 13.7. The molecule has 4 N–H and O–H groups in total. The SMILES string of the molecule is CCCCNc1cc(C(=O)NC2CC3CCCN(c4ccc(C(=O)C5CC5)cn4)C3C2)ccc1C(N)=O. The van der Waals surface area contributed by atoms with Crippen LogP contribution in [-0.2, 0) is 0 Å². The third-order valence-corrected chi connectivity index (χ3v) is 8.03. The smallest absolute Gasteiger partial charge is 0.251 e. The number of rotatable bonds is 10. The molecule has 2 heterocycles. The summed E-state index contributed by atoms with van der Waals surface area (Å²) in [4.78, 5) is 44.4. The van der Waals surface area contributed by atoms with Gasteiger partial charge in [0.25, 0.3) is 11.8 Å². The molecule has 2 aromatic rings. The average Bonchev–Trinajstić information content (AvgIpc) is 3.67. The van der Waals surface area contributed by atoms with Gasteiger partial charge < -0.3 is 21.3 Å². The first-order valence-corrected chi connectivity index (χ1v) is 13.7. The average molecular weight is 504 g/mol. The number of Topliss-reactive ketones (excluding diaryl/α,β-unsaturated/α-hetero) is 1. The van der Waals surface area contributed by atoms with E-state index in [0.717, 1.165) is 63.7 Å². The Bertz CT molecular complexity index is 1160. The number of pyridine rings is 1. The molecule has 37 heavy (non-hydrogen) atoms. The summed E-state index contributed by atoms with van der Waals surface area (Å²) in [5.41, 5.74) is 7.77. The molecule has 8 heteroatoms. The summed E-state index contributed by atoms with van der Waals surface area (Å²) in [6, 6.07) is 9.33. The topological polar surface area (TPSA) is 117 Å². The highest BCUT2D eigenvalue weighted by molar-refractivity contribution is 6.02. The molecular weight excluding hydrogens is 466 g/mol. The van der Waals surface area contributed by atoms with Crippen LogP contribution in [0.15, 0.2) is 36.5 Å². The van der Waals surface area contributed by atoms with Crippen molar-refractivity contribution in [1.29, 1.82) is 0 Å². The van der Waals surface area contributed by atoms with Crippen molar-refractivity contribution in [3.8, 4) is 0 Å². The van der Waals surface area contributed by atoms with E-state index in [1.807, 2.05) is 12.1 Å². The van der Waals surface area contributed by atoms with Gasteiger partial charge in [0, 0.05) is 54.1 Å². The monoisotopic (exact) mass is 503 g/mol. The molecule has 3 unspecified atom stereocenters. The van der Waals surface area contributed by atoms with Crippen LogP contribution in [0.1, 0.15) is 89.4 Å². The minimum Gasteiger partial charge on any atom is -0.384 e. The molecule has 1 aliphatic heterocycles. The molecular formula is C29H37N5O3. The van der Waals surface area contributed by atoms with Crippen molar-refractivity contribution in [2.24, 2.45) is 17.6 Å². The molecule has 2 saturated carbocycles. The first-order chi connectivity index (χ1) is 17.9. The van der Waals surface area contributed by atoms with Crippen molar-refractivity contribution < 1.29 is 14.4 Å². The van der Waals surface area contributed by atoms with E-state index >= 15 is 0 Å². The molecule has 0 spiro atoms. The highest BCUT2D eigenvalue weighted by atomic mass is 16.2. The number of nitrogens with one attached hydrogen (secondary N) is 2. The van der Waals surface area contributed by atoms with Gasteiger partial charge in [-0.15, -0.1) is 0 Å². The van der Waals surface area contributed by atoms with Crippen LogP contribution in [0.2, 0.25) is 0 Å². The fraction of sp³-hybridized carbons (Fsp3) is 0.517. The number of carbonyl (C=O) groups is 3. The normalized spacial score (nSPS) is 22.8.